The number of nitrogens with one attached hydrogen (secondary N) is 1. The van der Waals surface area contributed by atoms with E-state index >= 15 is 0 Å². The van der Waals surface area contributed by atoms with Gasteiger partial charge in [-0.25, -0.2) is 0 Å². The molecule has 0 unspecified atom stereocenters. The Morgan fingerprint density at radius 2 is 1.70 bits per heavy atom. The van der Waals surface area contributed by atoms with Crippen molar-refractivity contribution >= 4 is 45.8 Å². The first-order valence-corrected chi connectivity index (χ1v) is 9.18. The van der Waals surface area contributed by atoms with Crippen molar-refractivity contribution in [3.05, 3.63) is 81.8 Å². The molecule has 0 saturated carbocycles. The van der Waals surface area contributed by atoms with E-state index in [0.717, 1.165) is 16.3 Å². The van der Waals surface area contributed by atoms with E-state index in [0.29, 0.717) is 15.6 Å². The summed E-state index contributed by atoms with van der Waals surface area (Å²) in [6.07, 6.45) is 0.359. The molecule has 0 aliphatic heterocycles. The number of halogens is 2. The molecule has 3 N–H and O–H groups in total. The minimum atomic E-state index is -0.850. The number of amides is 2. The van der Waals surface area contributed by atoms with Crippen LogP contribution in [0.5, 0.6) is 0 Å². The number of carbonyl (C=O) groups is 2. The van der Waals surface area contributed by atoms with Crippen molar-refractivity contribution in [3.8, 4) is 0 Å². The van der Waals surface area contributed by atoms with Crippen LogP contribution in [0.15, 0.2) is 60.7 Å². The van der Waals surface area contributed by atoms with E-state index in [-0.39, 0.29) is 18.7 Å². The van der Waals surface area contributed by atoms with Crippen molar-refractivity contribution in [2.75, 3.05) is 0 Å². The first kappa shape index (κ1) is 19.2. The third kappa shape index (κ3) is 5.00. The van der Waals surface area contributed by atoms with Crippen molar-refractivity contribution in [1.82, 2.24) is 5.32 Å². The van der Waals surface area contributed by atoms with Crippen LogP contribution >= 0.6 is 23.2 Å². The minimum Gasteiger partial charge on any atom is -0.368 e. The fraction of sp³-hybridized carbons (Fsp3) is 0.143. The molecule has 0 bridgehead atoms. The maximum Gasteiger partial charge on any atom is 0.240 e. The highest BCUT2D eigenvalue weighted by atomic mass is 35.5. The van der Waals surface area contributed by atoms with Gasteiger partial charge in [-0.05, 0) is 34.0 Å². The van der Waals surface area contributed by atoms with E-state index in [4.69, 9.17) is 28.9 Å². The highest BCUT2D eigenvalue weighted by Gasteiger charge is 2.20. The van der Waals surface area contributed by atoms with Gasteiger partial charge in [-0.2, -0.15) is 0 Å². The largest absolute Gasteiger partial charge is 0.368 e. The van der Waals surface area contributed by atoms with Gasteiger partial charge in [-0.1, -0.05) is 71.7 Å². The van der Waals surface area contributed by atoms with Crippen LogP contribution in [0, 0.1) is 0 Å². The zero-order valence-corrected chi connectivity index (χ0v) is 15.9. The summed E-state index contributed by atoms with van der Waals surface area (Å²) in [5.74, 6) is -0.896. The highest BCUT2D eigenvalue weighted by Crippen LogP contribution is 2.22. The molecule has 2 amide bonds. The van der Waals surface area contributed by atoms with Gasteiger partial charge >= 0.3 is 0 Å². The van der Waals surface area contributed by atoms with Gasteiger partial charge in [-0.15, -0.1) is 0 Å². The van der Waals surface area contributed by atoms with Crippen molar-refractivity contribution in [2.45, 2.75) is 18.9 Å². The molecule has 0 aromatic heterocycles. The molecular formula is C21H18Cl2N2O2. The van der Waals surface area contributed by atoms with Crippen LogP contribution in [0.4, 0.5) is 0 Å². The fourth-order valence-electron chi connectivity index (χ4n) is 2.91. The Kier molecular flexibility index (Phi) is 5.99. The maximum absolute atomic E-state index is 12.4. The first-order valence-electron chi connectivity index (χ1n) is 8.42. The van der Waals surface area contributed by atoms with Crippen LogP contribution in [-0.2, 0) is 22.4 Å². The second-order valence-electron chi connectivity index (χ2n) is 6.32. The molecule has 3 rings (SSSR count). The van der Waals surface area contributed by atoms with Crippen molar-refractivity contribution in [3.63, 3.8) is 0 Å². The van der Waals surface area contributed by atoms with Gasteiger partial charge < -0.3 is 11.1 Å². The number of hydrogen-bond donors (Lipinski definition) is 2. The molecule has 0 spiro atoms. The molecule has 6 heteroatoms. The van der Waals surface area contributed by atoms with Gasteiger partial charge in [0, 0.05) is 16.5 Å². The van der Waals surface area contributed by atoms with Gasteiger partial charge in [0.05, 0.1) is 6.42 Å². The van der Waals surface area contributed by atoms with E-state index in [9.17, 15) is 9.59 Å². The third-order valence-corrected chi connectivity index (χ3v) is 4.88. The van der Waals surface area contributed by atoms with Gasteiger partial charge in [0.25, 0.3) is 0 Å². The number of nitrogens with two attached hydrogens (primary N) is 1. The average Bonchev–Trinajstić information content (AvgIpc) is 2.63. The average molecular weight is 401 g/mol. The Bertz CT molecular complexity index is 1000. The highest BCUT2D eigenvalue weighted by molar-refractivity contribution is 6.35. The van der Waals surface area contributed by atoms with Crippen LogP contribution < -0.4 is 11.1 Å². The van der Waals surface area contributed by atoms with Gasteiger partial charge in [0.15, 0.2) is 0 Å². The van der Waals surface area contributed by atoms with Gasteiger partial charge in [0.1, 0.15) is 6.04 Å². The molecule has 3 aromatic rings. The molecule has 0 heterocycles. The predicted molar refractivity (Wildman–Crippen MR) is 109 cm³/mol. The summed E-state index contributed by atoms with van der Waals surface area (Å²) in [6, 6.07) is 17.9. The zero-order valence-electron chi connectivity index (χ0n) is 14.4. The lowest BCUT2D eigenvalue weighted by atomic mass is 10.0. The molecule has 3 aromatic carbocycles. The Hall–Kier alpha value is -2.56. The zero-order chi connectivity index (χ0) is 19.4. The Balaban J connectivity index is 1.69. The predicted octanol–water partition coefficient (Wildman–Crippen LogP) is 3.90. The second-order valence-corrected chi connectivity index (χ2v) is 7.16. The number of primary amides is 1. The van der Waals surface area contributed by atoms with Crippen LogP contribution in [0.2, 0.25) is 10.0 Å². The van der Waals surface area contributed by atoms with E-state index in [1.807, 2.05) is 42.5 Å². The molecule has 0 saturated heterocycles. The monoisotopic (exact) mass is 400 g/mol. The molecule has 4 nitrogen and oxygen atoms in total. The van der Waals surface area contributed by atoms with Crippen LogP contribution in [0.1, 0.15) is 11.1 Å². The summed E-state index contributed by atoms with van der Waals surface area (Å²) >= 11 is 12.0. The third-order valence-electron chi connectivity index (χ3n) is 4.30. The normalized spacial score (nSPS) is 11.9. The molecule has 0 radical (unpaired) electrons. The van der Waals surface area contributed by atoms with E-state index in [1.165, 1.54) is 0 Å². The number of fused-ring (bicyclic) bond motifs is 1. The lowest BCUT2D eigenvalue weighted by Crippen LogP contribution is -2.46. The lowest BCUT2D eigenvalue weighted by Gasteiger charge is -2.16. The summed E-state index contributed by atoms with van der Waals surface area (Å²) in [7, 11) is 0. The quantitative estimate of drug-likeness (QED) is 0.658. The first-order chi connectivity index (χ1) is 12.9. The molecule has 0 aliphatic carbocycles. The maximum atomic E-state index is 12.4. The smallest absolute Gasteiger partial charge is 0.240 e. The fourth-order valence-corrected chi connectivity index (χ4v) is 3.40. The number of hydrogen-bond acceptors (Lipinski definition) is 2. The summed E-state index contributed by atoms with van der Waals surface area (Å²) in [4.78, 5) is 24.2. The SMILES string of the molecule is NC(=O)[C@H](Cc1ccc(Cl)cc1Cl)NC(=O)Cc1ccc2ccccc2c1. The number of benzene rings is 3. The van der Waals surface area contributed by atoms with Crippen LogP contribution in [-0.4, -0.2) is 17.9 Å². The lowest BCUT2D eigenvalue weighted by molar-refractivity contribution is -0.127. The van der Waals surface area contributed by atoms with Crippen LogP contribution in [0.3, 0.4) is 0 Å². The van der Waals surface area contributed by atoms with Crippen molar-refractivity contribution < 1.29 is 9.59 Å². The molecule has 0 fully saturated rings. The Morgan fingerprint density at radius 3 is 2.41 bits per heavy atom. The standard InChI is InChI=1S/C21H18Cl2N2O2/c22-17-8-7-16(18(23)12-17)11-19(21(24)27)25-20(26)10-13-5-6-14-3-1-2-4-15(14)9-13/h1-9,12,19H,10-11H2,(H2,24,27)(H,25,26)/t19-/m0/s1. The van der Waals surface area contributed by atoms with Gasteiger partial charge in [0.2, 0.25) is 11.8 Å². The summed E-state index contributed by atoms with van der Waals surface area (Å²) in [5, 5.41) is 5.79. The van der Waals surface area contributed by atoms with E-state index in [2.05, 4.69) is 5.32 Å². The molecule has 27 heavy (non-hydrogen) atoms. The molecular weight excluding hydrogens is 383 g/mol. The van der Waals surface area contributed by atoms with E-state index in [1.54, 1.807) is 18.2 Å². The van der Waals surface area contributed by atoms with Crippen LogP contribution in [0.25, 0.3) is 10.8 Å². The van der Waals surface area contributed by atoms with Crippen molar-refractivity contribution in [1.29, 1.82) is 0 Å². The molecule has 1 atom stereocenters. The van der Waals surface area contributed by atoms with Gasteiger partial charge in [-0.3, -0.25) is 9.59 Å². The Labute approximate surface area is 167 Å². The number of rotatable bonds is 6. The Morgan fingerprint density at radius 1 is 0.963 bits per heavy atom. The number of carbonyl (C=O) groups excluding carboxylic acids is 2. The summed E-state index contributed by atoms with van der Waals surface area (Å²) in [5.41, 5.74) is 7.01. The molecule has 0 aliphatic rings. The summed E-state index contributed by atoms with van der Waals surface area (Å²) in [6.45, 7) is 0. The second kappa shape index (κ2) is 8.42. The van der Waals surface area contributed by atoms with E-state index < -0.39 is 11.9 Å². The topological polar surface area (TPSA) is 72.2 Å². The van der Waals surface area contributed by atoms with Crippen molar-refractivity contribution in [2.24, 2.45) is 5.73 Å². The molecule has 138 valence electrons. The minimum absolute atomic E-state index is 0.156. The summed E-state index contributed by atoms with van der Waals surface area (Å²) < 4.78 is 0.